The van der Waals surface area contributed by atoms with Gasteiger partial charge in [-0.3, -0.25) is 4.79 Å². The summed E-state index contributed by atoms with van der Waals surface area (Å²) in [4.78, 5) is 11.4. The van der Waals surface area contributed by atoms with Crippen LogP contribution in [-0.4, -0.2) is 13.0 Å². The number of nitrogens with one attached hydrogen (secondary N) is 1. The molecular weight excluding hydrogens is 225 g/mol. The summed E-state index contributed by atoms with van der Waals surface area (Å²) in [6.07, 6.45) is -0.610. The number of methoxy groups -OCH3 is 1. The lowest BCUT2D eigenvalue weighted by molar-refractivity contribution is -0.125. The summed E-state index contributed by atoms with van der Waals surface area (Å²) < 4.78 is 5.03. The molecule has 0 saturated carbocycles. The second-order valence-corrected chi connectivity index (χ2v) is 3.80. The highest BCUT2D eigenvalue weighted by Gasteiger charge is 2.32. The predicted octanol–water partition coefficient (Wildman–Crippen LogP) is 2.63. The lowest BCUT2D eigenvalue weighted by atomic mass is 10.1. The monoisotopic (exact) mass is 231 g/mol. The van der Waals surface area contributed by atoms with Crippen LogP contribution in [0.5, 0.6) is 0 Å². The van der Waals surface area contributed by atoms with E-state index in [1.807, 2.05) is 0 Å². The van der Waals surface area contributed by atoms with Crippen molar-refractivity contribution in [1.82, 2.24) is 0 Å². The molecule has 14 heavy (non-hydrogen) atoms. The SMILES string of the molecule is COC1C(=O)Nc2c(Cl)cc(Cl)cc21. The van der Waals surface area contributed by atoms with Gasteiger partial charge in [-0.25, -0.2) is 0 Å². The molecule has 74 valence electrons. The Labute approximate surface area is 91.0 Å². The minimum Gasteiger partial charge on any atom is -0.367 e. The molecule has 2 rings (SSSR count). The molecule has 1 atom stereocenters. The van der Waals surface area contributed by atoms with Crippen molar-refractivity contribution in [2.75, 3.05) is 12.4 Å². The molecule has 0 spiro atoms. The Morgan fingerprint density at radius 1 is 1.43 bits per heavy atom. The molecule has 1 aromatic carbocycles. The number of benzene rings is 1. The second kappa shape index (κ2) is 3.42. The van der Waals surface area contributed by atoms with Crippen LogP contribution in [0.15, 0.2) is 12.1 Å². The van der Waals surface area contributed by atoms with Crippen molar-refractivity contribution in [2.45, 2.75) is 6.10 Å². The van der Waals surface area contributed by atoms with Crippen molar-refractivity contribution >= 4 is 34.8 Å². The van der Waals surface area contributed by atoms with Crippen molar-refractivity contribution in [3.05, 3.63) is 27.7 Å². The minimum atomic E-state index is -0.610. The van der Waals surface area contributed by atoms with Crippen LogP contribution in [0, 0.1) is 0 Å². The zero-order chi connectivity index (χ0) is 10.3. The van der Waals surface area contributed by atoms with Gasteiger partial charge in [-0.15, -0.1) is 0 Å². The van der Waals surface area contributed by atoms with Crippen LogP contribution in [0.4, 0.5) is 5.69 Å². The van der Waals surface area contributed by atoms with Crippen LogP contribution in [0.3, 0.4) is 0 Å². The van der Waals surface area contributed by atoms with E-state index < -0.39 is 6.10 Å². The number of carbonyl (C=O) groups excluding carboxylic acids is 1. The Morgan fingerprint density at radius 2 is 2.14 bits per heavy atom. The molecule has 0 aromatic heterocycles. The number of hydrogen-bond donors (Lipinski definition) is 1. The molecule has 0 aliphatic carbocycles. The van der Waals surface area contributed by atoms with Crippen molar-refractivity contribution in [1.29, 1.82) is 0 Å². The van der Waals surface area contributed by atoms with Crippen molar-refractivity contribution in [2.24, 2.45) is 0 Å². The largest absolute Gasteiger partial charge is 0.367 e. The average molecular weight is 232 g/mol. The Balaban J connectivity index is 2.58. The van der Waals surface area contributed by atoms with Crippen LogP contribution in [-0.2, 0) is 9.53 Å². The van der Waals surface area contributed by atoms with Crippen LogP contribution in [0.2, 0.25) is 10.0 Å². The predicted molar refractivity (Wildman–Crippen MR) is 54.8 cm³/mol. The van der Waals surface area contributed by atoms with E-state index in [9.17, 15) is 4.79 Å². The maximum atomic E-state index is 11.4. The van der Waals surface area contributed by atoms with Crippen molar-refractivity contribution in [3.63, 3.8) is 0 Å². The molecule has 1 N–H and O–H groups in total. The standard InChI is InChI=1S/C9H7Cl2NO2/c1-14-8-5-2-4(10)3-6(11)7(5)12-9(8)13/h2-3,8H,1H3,(H,12,13). The molecule has 0 radical (unpaired) electrons. The molecule has 1 aromatic rings. The number of amides is 1. The van der Waals surface area contributed by atoms with Gasteiger partial charge in [0, 0.05) is 17.7 Å². The maximum Gasteiger partial charge on any atom is 0.258 e. The van der Waals surface area contributed by atoms with Crippen molar-refractivity contribution in [3.8, 4) is 0 Å². The van der Waals surface area contributed by atoms with Crippen molar-refractivity contribution < 1.29 is 9.53 Å². The fourth-order valence-corrected chi connectivity index (χ4v) is 2.05. The van der Waals surface area contributed by atoms with E-state index in [1.54, 1.807) is 12.1 Å². The molecule has 3 nitrogen and oxygen atoms in total. The number of halogens is 2. The first-order valence-electron chi connectivity index (χ1n) is 3.96. The Bertz CT molecular complexity index is 406. The number of hydrogen-bond acceptors (Lipinski definition) is 2. The number of carbonyl (C=O) groups is 1. The molecule has 1 aliphatic rings. The van der Waals surface area contributed by atoms with Gasteiger partial charge in [-0.1, -0.05) is 23.2 Å². The third-order valence-corrected chi connectivity index (χ3v) is 2.61. The smallest absolute Gasteiger partial charge is 0.258 e. The lowest BCUT2D eigenvalue weighted by Gasteiger charge is -2.06. The topological polar surface area (TPSA) is 38.3 Å². The van der Waals surface area contributed by atoms with Gasteiger partial charge >= 0.3 is 0 Å². The third kappa shape index (κ3) is 1.38. The van der Waals surface area contributed by atoms with Gasteiger partial charge in [0.05, 0.1) is 10.7 Å². The summed E-state index contributed by atoms with van der Waals surface area (Å²) in [6, 6.07) is 3.26. The van der Waals surface area contributed by atoms with E-state index in [0.717, 1.165) is 0 Å². The summed E-state index contributed by atoms with van der Waals surface area (Å²) in [6.45, 7) is 0. The second-order valence-electron chi connectivity index (χ2n) is 2.96. The minimum absolute atomic E-state index is 0.216. The van der Waals surface area contributed by atoms with Gasteiger partial charge in [0.25, 0.3) is 5.91 Å². The molecular formula is C9H7Cl2NO2. The maximum absolute atomic E-state index is 11.4. The molecule has 0 fully saturated rings. The van der Waals surface area contributed by atoms with Crippen LogP contribution in [0.1, 0.15) is 11.7 Å². The van der Waals surface area contributed by atoms with E-state index in [2.05, 4.69) is 5.32 Å². The van der Waals surface area contributed by atoms with Gasteiger partial charge in [0.1, 0.15) is 0 Å². The lowest BCUT2D eigenvalue weighted by Crippen LogP contribution is -2.13. The van der Waals surface area contributed by atoms with Gasteiger partial charge in [-0.2, -0.15) is 0 Å². The van der Waals surface area contributed by atoms with E-state index in [1.165, 1.54) is 7.11 Å². The summed E-state index contributed by atoms with van der Waals surface area (Å²) in [5, 5.41) is 3.56. The van der Waals surface area contributed by atoms with Gasteiger partial charge in [-0.05, 0) is 12.1 Å². The van der Waals surface area contributed by atoms with Crippen LogP contribution < -0.4 is 5.32 Å². The molecule has 1 amide bonds. The van der Waals surface area contributed by atoms with Gasteiger partial charge in [0.2, 0.25) is 0 Å². The fourth-order valence-electron chi connectivity index (χ4n) is 1.50. The fraction of sp³-hybridized carbons (Fsp3) is 0.222. The molecule has 0 bridgehead atoms. The normalized spacial score (nSPS) is 19.4. The number of rotatable bonds is 1. The first-order chi connectivity index (χ1) is 6.63. The van der Waals surface area contributed by atoms with E-state index in [0.29, 0.717) is 21.3 Å². The Hall–Kier alpha value is -0.770. The molecule has 1 heterocycles. The zero-order valence-electron chi connectivity index (χ0n) is 7.30. The molecule has 0 saturated heterocycles. The average Bonchev–Trinajstić information content (AvgIpc) is 2.41. The van der Waals surface area contributed by atoms with Gasteiger partial charge < -0.3 is 10.1 Å². The number of fused-ring (bicyclic) bond motifs is 1. The van der Waals surface area contributed by atoms with E-state index >= 15 is 0 Å². The number of ether oxygens (including phenoxy) is 1. The zero-order valence-corrected chi connectivity index (χ0v) is 8.82. The molecule has 5 heteroatoms. The number of anilines is 1. The third-order valence-electron chi connectivity index (χ3n) is 2.09. The first-order valence-corrected chi connectivity index (χ1v) is 4.71. The molecule has 1 unspecified atom stereocenters. The Morgan fingerprint density at radius 3 is 2.79 bits per heavy atom. The summed E-state index contributed by atoms with van der Waals surface area (Å²) in [7, 11) is 1.47. The Kier molecular flexibility index (Phi) is 2.39. The summed E-state index contributed by atoms with van der Waals surface area (Å²) in [5.74, 6) is -0.216. The first kappa shape index (κ1) is 9.77. The highest BCUT2D eigenvalue weighted by Crippen LogP contribution is 2.39. The van der Waals surface area contributed by atoms with Crippen LogP contribution >= 0.6 is 23.2 Å². The van der Waals surface area contributed by atoms with Crippen LogP contribution in [0.25, 0.3) is 0 Å². The molecule has 1 aliphatic heterocycles. The van der Waals surface area contributed by atoms with E-state index in [4.69, 9.17) is 27.9 Å². The quantitative estimate of drug-likeness (QED) is 0.808. The highest BCUT2D eigenvalue weighted by molar-refractivity contribution is 6.37. The van der Waals surface area contributed by atoms with Gasteiger partial charge in [0.15, 0.2) is 6.10 Å². The van der Waals surface area contributed by atoms with E-state index in [-0.39, 0.29) is 5.91 Å². The summed E-state index contributed by atoms with van der Waals surface area (Å²) >= 11 is 11.7. The highest BCUT2D eigenvalue weighted by atomic mass is 35.5. The summed E-state index contributed by atoms with van der Waals surface area (Å²) in [5.41, 5.74) is 1.28.